The number of hydrogen-bond donors (Lipinski definition) is 1. The largest absolute Gasteiger partial charge is 0.482 e. The topological polar surface area (TPSA) is 75.7 Å². The molecule has 2 aromatic carbocycles. The first-order valence-corrected chi connectivity index (χ1v) is 11.8. The van der Waals surface area contributed by atoms with Gasteiger partial charge in [-0.25, -0.2) is 8.42 Å². The summed E-state index contributed by atoms with van der Waals surface area (Å²) in [5.41, 5.74) is 0.934. The Hall–Kier alpha value is -1.61. The molecular weight excluding hydrogens is 480 g/mol. The maximum absolute atomic E-state index is 12.9. The van der Waals surface area contributed by atoms with Crippen LogP contribution < -0.4 is 10.1 Å². The number of halogens is 2. The van der Waals surface area contributed by atoms with Gasteiger partial charge < -0.3 is 10.1 Å². The van der Waals surface area contributed by atoms with E-state index in [4.69, 9.17) is 16.3 Å². The SMILES string of the molecule is CCN(CC)S(=O)(=O)c1cc(Cl)ccc1OCC(=O)N[C@@H](C)c1cccc(Br)c1. The highest BCUT2D eigenvalue weighted by Crippen LogP contribution is 2.30. The lowest BCUT2D eigenvalue weighted by Gasteiger charge is -2.21. The lowest BCUT2D eigenvalue weighted by Crippen LogP contribution is -2.33. The summed E-state index contributed by atoms with van der Waals surface area (Å²) < 4.78 is 33.6. The first kappa shape index (κ1) is 23.7. The van der Waals surface area contributed by atoms with Gasteiger partial charge in [0, 0.05) is 22.6 Å². The van der Waals surface area contributed by atoms with Crippen molar-refractivity contribution in [2.75, 3.05) is 19.7 Å². The summed E-state index contributed by atoms with van der Waals surface area (Å²) in [5.74, 6) is -0.273. The highest BCUT2D eigenvalue weighted by Gasteiger charge is 2.26. The molecule has 2 rings (SSSR count). The number of nitrogens with zero attached hydrogens (tertiary/aromatic N) is 1. The Morgan fingerprint density at radius 1 is 1.21 bits per heavy atom. The molecule has 0 aliphatic heterocycles. The highest BCUT2D eigenvalue weighted by molar-refractivity contribution is 9.10. The average molecular weight is 504 g/mol. The molecule has 0 fully saturated rings. The van der Waals surface area contributed by atoms with Crippen LogP contribution in [-0.4, -0.2) is 38.3 Å². The fourth-order valence-corrected chi connectivity index (χ4v) is 5.06. The highest BCUT2D eigenvalue weighted by atomic mass is 79.9. The number of amides is 1. The molecule has 0 heterocycles. The second-order valence-electron chi connectivity index (χ2n) is 6.31. The first-order valence-electron chi connectivity index (χ1n) is 9.16. The number of ether oxygens (including phenoxy) is 1. The Balaban J connectivity index is 2.13. The van der Waals surface area contributed by atoms with E-state index in [9.17, 15) is 13.2 Å². The third-order valence-electron chi connectivity index (χ3n) is 4.31. The van der Waals surface area contributed by atoms with Crippen molar-refractivity contribution in [1.29, 1.82) is 0 Å². The van der Waals surface area contributed by atoms with Crippen LogP contribution in [0.1, 0.15) is 32.4 Å². The lowest BCUT2D eigenvalue weighted by molar-refractivity contribution is -0.123. The van der Waals surface area contributed by atoms with E-state index in [1.807, 2.05) is 31.2 Å². The summed E-state index contributed by atoms with van der Waals surface area (Å²) in [6.07, 6.45) is 0. The third-order valence-corrected chi connectivity index (χ3v) is 7.11. The van der Waals surface area contributed by atoms with Crippen LogP contribution >= 0.6 is 27.5 Å². The molecule has 0 aliphatic rings. The van der Waals surface area contributed by atoms with Crippen molar-refractivity contribution in [3.8, 4) is 5.75 Å². The zero-order valence-electron chi connectivity index (χ0n) is 16.5. The molecule has 0 unspecified atom stereocenters. The van der Waals surface area contributed by atoms with E-state index in [0.717, 1.165) is 10.0 Å². The molecule has 0 aromatic heterocycles. The zero-order chi connectivity index (χ0) is 21.6. The third kappa shape index (κ3) is 6.18. The normalized spacial score (nSPS) is 12.6. The summed E-state index contributed by atoms with van der Waals surface area (Å²) >= 11 is 9.41. The molecule has 0 saturated heterocycles. The van der Waals surface area contributed by atoms with Crippen LogP contribution in [-0.2, 0) is 14.8 Å². The number of benzene rings is 2. The van der Waals surface area contributed by atoms with Gasteiger partial charge >= 0.3 is 0 Å². The number of sulfonamides is 1. The zero-order valence-corrected chi connectivity index (χ0v) is 19.6. The van der Waals surface area contributed by atoms with Gasteiger partial charge in [-0.1, -0.05) is 53.5 Å². The van der Waals surface area contributed by atoms with Crippen molar-refractivity contribution >= 4 is 43.5 Å². The Morgan fingerprint density at radius 3 is 2.52 bits per heavy atom. The summed E-state index contributed by atoms with van der Waals surface area (Å²) in [7, 11) is -3.79. The quantitative estimate of drug-likeness (QED) is 0.551. The van der Waals surface area contributed by atoms with E-state index < -0.39 is 10.0 Å². The number of rotatable bonds is 9. The minimum atomic E-state index is -3.79. The van der Waals surface area contributed by atoms with Crippen LogP contribution in [0.15, 0.2) is 51.8 Å². The average Bonchev–Trinajstić information content (AvgIpc) is 2.67. The summed E-state index contributed by atoms with van der Waals surface area (Å²) in [6.45, 7) is 5.68. The van der Waals surface area contributed by atoms with Crippen molar-refractivity contribution in [3.63, 3.8) is 0 Å². The van der Waals surface area contributed by atoms with Crippen LogP contribution in [0.4, 0.5) is 0 Å². The Kier molecular flexibility index (Phi) is 8.51. The van der Waals surface area contributed by atoms with E-state index in [2.05, 4.69) is 21.2 Å². The molecular formula is C20H24BrClN2O4S. The minimum absolute atomic E-state index is 0.0541. The molecule has 1 amide bonds. The molecule has 0 saturated carbocycles. The maximum atomic E-state index is 12.9. The van der Waals surface area contributed by atoms with Gasteiger partial charge in [0.2, 0.25) is 10.0 Å². The van der Waals surface area contributed by atoms with Crippen LogP contribution in [0.25, 0.3) is 0 Å². The molecule has 2 aromatic rings. The van der Waals surface area contributed by atoms with Gasteiger partial charge in [-0.15, -0.1) is 0 Å². The summed E-state index contributed by atoms with van der Waals surface area (Å²) in [5, 5.41) is 3.11. The number of carbonyl (C=O) groups is 1. The van der Waals surface area contributed by atoms with Gasteiger partial charge in [0.25, 0.3) is 5.91 Å². The van der Waals surface area contributed by atoms with Crippen molar-refractivity contribution < 1.29 is 17.9 Å². The van der Waals surface area contributed by atoms with Crippen LogP contribution in [0.2, 0.25) is 5.02 Å². The molecule has 9 heteroatoms. The number of nitrogens with one attached hydrogen (secondary N) is 1. The lowest BCUT2D eigenvalue weighted by atomic mass is 10.1. The van der Waals surface area contributed by atoms with E-state index in [1.165, 1.54) is 22.5 Å². The van der Waals surface area contributed by atoms with Gasteiger partial charge in [0.1, 0.15) is 10.6 Å². The van der Waals surface area contributed by atoms with Crippen LogP contribution in [0.5, 0.6) is 5.75 Å². The Morgan fingerprint density at radius 2 is 1.90 bits per heavy atom. The van der Waals surface area contributed by atoms with Crippen molar-refractivity contribution in [3.05, 3.63) is 57.5 Å². The molecule has 158 valence electrons. The van der Waals surface area contributed by atoms with Gasteiger partial charge in [-0.05, 0) is 42.8 Å². The summed E-state index contributed by atoms with van der Waals surface area (Å²) in [6, 6.07) is 11.7. The fraction of sp³-hybridized carbons (Fsp3) is 0.350. The van der Waals surface area contributed by atoms with Crippen molar-refractivity contribution in [1.82, 2.24) is 9.62 Å². The van der Waals surface area contributed by atoms with Crippen molar-refractivity contribution in [2.45, 2.75) is 31.7 Å². The molecule has 1 N–H and O–H groups in total. The molecule has 0 radical (unpaired) electrons. The molecule has 29 heavy (non-hydrogen) atoms. The van der Waals surface area contributed by atoms with Gasteiger partial charge in [-0.2, -0.15) is 4.31 Å². The number of carbonyl (C=O) groups excluding carboxylic acids is 1. The molecule has 0 aliphatic carbocycles. The number of hydrogen-bond acceptors (Lipinski definition) is 4. The molecule has 0 spiro atoms. The monoisotopic (exact) mass is 502 g/mol. The fourth-order valence-electron chi connectivity index (χ4n) is 2.79. The maximum Gasteiger partial charge on any atom is 0.258 e. The molecule has 6 nitrogen and oxygen atoms in total. The standard InChI is InChI=1S/C20H24BrClN2O4S/c1-4-24(5-2)29(26,27)19-12-17(22)9-10-18(19)28-13-20(25)23-14(3)15-7-6-8-16(21)11-15/h6-12,14H,4-5,13H2,1-3H3,(H,23,25)/t14-/m0/s1. The second-order valence-corrected chi connectivity index (χ2v) is 9.57. The van der Waals surface area contributed by atoms with E-state index in [0.29, 0.717) is 13.1 Å². The van der Waals surface area contributed by atoms with Gasteiger partial charge in [0.05, 0.1) is 6.04 Å². The van der Waals surface area contributed by atoms with E-state index >= 15 is 0 Å². The summed E-state index contributed by atoms with van der Waals surface area (Å²) in [4.78, 5) is 12.3. The van der Waals surface area contributed by atoms with Gasteiger partial charge in [0.15, 0.2) is 6.61 Å². The van der Waals surface area contributed by atoms with Crippen molar-refractivity contribution in [2.24, 2.45) is 0 Å². The minimum Gasteiger partial charge on any atom is -0.482 e. The smallest absolute Gasteiger partial charge is 0.258 e. The second kappa shape index (κ2) is 10.4. The van der Waals surface area contributed by atoms with Crippen LogP contribution in [0.3, 0.4) is 0 Å². The Bertz CT molecular complexity index is 965. The predicted octanol–water partition coefficient (Wildman–Crippen LogP) is 4.39. The predicted molar refractivity (Wildman–Crippen MR) is 118 cm³/mol. The first-order chi connectivity index (χ1) is 13.7. The van der Waals surface area contributed by atoms with E-state index in [-0.39, 0.29) is 34.2 Å². The van der Waals surface area contributed by atoms with Gasteiger partial charge in [-0.3, -0.25) is 4.79 Å². The Labute approximate surface area is 185 Å². The van der Waals surface area contributed by atoms with E-state index in [1.54, 1.807) is 13.8 Å². The molecule has 1 atom stereocenters. The van der Waals surface area contributed by atoms with Crippen LogP contribution in [0, 0.1) is 0 Å². The molecule has 0 bridgehead atoms.